The lowest BCUT2D eigenvalue weighted by Crippen LogP contribution is -2.40. The van der Waals surface area contributed by atoms with Crippen LogP contribution in [0.25, 0.3) is 11.2 Å². The van der Waals surface area contributed by atoms with Gasteiger partial charge in [0.05, 0.1) is 18.8 Å². The first-order valence-corrected chi connectivity index (χ1v) is 10.5. The summed E-state index contributed by atoms with van der Waals surface area (Å²) in [6.45, 7) is 5.74. The number of fused-ring (bicyclic) bond motifs is 1. The summed E-state index contributed by atoms with van der Waals surface area (Å²) in [5.74, 6) is 7.06. The Morgan fingerprint density at radius 1 is 1.22 bits per heavy atom. The van der Waals surface area contributed by atoms with Crippen molar-refractivity contribution in [3.8, 4) is 17.9 Å². The monoisotopic (exact) mass is 432 g/mol. The van der Waals surface area contributed by atoms with Crippen molar-refractivity contribution in [2.45, 2.75) is 39.8 Å². The van der Waals surface area contributed by atoms with Gasteiger partial charge in [-0.05, 0) is 25.7 Å². The average Bonchev–Trinajstić information content (AvgIpc) is 3.19. The first-order valence-electron chi connectivity index (χ1n) is 10.5. The molecule has 32 heavy (non-hydrogen) atoms. The van der Waals surface area contributed by atoms with Crippen LogP contribution in [0.2, 0.25) is 0 Å². The summed E-state index contributed by atoms with van der Waals surface area (Å²) in [5.41, 5.74) is -0.0402. The van der Waals surface area contributed by atoms with Crippen molar-refractivity contribution in [2.24, 2.45) is 13.0 Å². The van der Waals surface area contributed by atoms with Gasteiger partial charge in [-0.1, -0.05) is 12.8 Å². The molecule has 164 valence electrons. The van der Waals surface area contributed by atoms with E-state index in [1.165, 1.54) is 17.0 Å². The van der Waals surface area contributed by atoms with E-state index in [1.807, 2.05) is 6.07 Å². The van der Waals surface area contributed by atoms with Gasteiger partial charge in [0.25, 0.3) is 5.56 Å². The Balaban J connectivity index is 1.94. The summed E-state index contributed by atoms with van der Waals surface area (Å²) in [6.07, 6.45) is 5.02. The average molecular weight is 432 g/mol. The molecule has 0 bridgehead atoms. The van der Waals surface area contributed by atoms with Crippen molar-refractivity contribution in [3.63, 3.8) is 0 Å². The minimum absolute atomic E-state index is 0.0786. The second-order valence-corrected chi connectivity index (χ2v) is 7.99. The largest absolute Gasteiger partial charge is 0.342 e. The van der Waals surface area contributed by atoms with Crippen LogP contribution < -0.4 is 16.1 Å². The van der Waals surface area contributed by atoms with Crippen LogP contribution in [-0.4, -0.2) is 41.7 Å². The molecule has 4 rings (SSSR count). The maximum Gasteiger partial charge on any atom is 0.332 e. The van der Waals surface area contributed by atoms with Crippen LogP contribution in [0, 0.1) is 29.1 Å². The van der Waals surface area contributed by atoms with Crippen molar-refractivity contribution in [3.05, 3.63) is 44.6 Å². The Hall–Kier alpha value is -3.92. The number of anilines is 1. The number of hydrogen-bond donors (Lipinski definition) is 0. The second kappa shape index (κ2) is 8.67. The maximum absolute atomic E-state index is 13.5. The van der Waals surface area contributed by atoms with Crippen LogP contribution in [0.15, 0.2) is 22.0 Å². The van der Waals surface area contributed by atoms with E-state index in [-0.39, 0.29) is 24.5 Å². The van der Waals surface area contributed by atoms with E-state index < -0.39 is 11.2 Å². The third kappa shape index (κ3) is 3.65. The molecule has 1 aliphatic rings. The summed E-state index contributed by atoms with van der Waals surface area (Å²) < 4.78 is 4.24. The Morgan fingerprint density at radius 3 is 2.72 bits per heavy atom. The predicted octanol–water partition coefficient (Wildman–Crippen LogP) is 0.866. The zero-order valence-electron chi connectivity index (χ0n) is 18.4. The van der Waals surface area contributed by atoms with E-state index >= 15 is 0 Å². The topological polar surface area (TPSA) is 115 Å². The third-order valence-corrected chi connectivity index (χ3v) is 5.75. The molecule has 0 amide bonds. The molecule has 10 nitrogen and oxygen atoms in total. The van der Waals surface area contributed by atoms with Gasteiger partial charge in [-0.25, -0.2) is 9.78 Å². The first-order chi connectivity index (χ1) is 15.5. The molecular formula is C22H24N8O2. The van der Waals surface area contributed by atoms with Crippen molar-refractivity contribution in [1.82, 2.24) is 28.7 Å². The fraction of sp³-hybridized carbons (Fsp3) is 0.455. The molecule has 0 aromatic carbocycles. The molecule has 0 radical (unpaired) electrons. The van der Waals surface area contributed by atoms with E-state index in [0.717, 1.165) is 30.5 Å². The highest BCUT2D eigenvalue weighted by Crippen LogP contribution is 2.25. The van der Waals surface area contributed by atoms with Crippen LogP contribution in [0.5, 0.6) is 0 Å². The Bertz CT molecular complexity index is 1400. The molecule has 0 aliphatic carbocycles. The SMILES string of the molecule is CC#CCn1c(N2CCC[C@@H](C)C2)nc2c1c(=O)n(Cc1nccnc1C#N)c(=O)n2C. The molecule has 3 aromatic heterocycles. The highest BCUT2D eigenvalue weighted by atomic mass is 16.2. The smallest absolute Gasteiger partial charge is 0.332 e. The Morgan fingerprint density at radius 2 is 2.00 bits per heavy atom. The fourth-order valence-corrected chi connectivity index (χ4v) is 4.15. The summed E-state index contributed by atoms with van der Waals surface area (Å²) in [5, 5.41) is 9.31. The van der Waals surface area contributed by atoms with Crippen LogP contribution in [0.4, 0.5) is 5.95 Å². The molecule has 0 saturated carbocycles. The van der Waals surface area contributed by atoms with Gasteiger partial charge in [-0.15, -0.1) is 5.92 Å². The third-order valence-electron chi connectivity index (χ3n) is 5.75. The highest BCUT2D eigenvalue weighted by Gasteiger charge is 2.26. The van der Waals surface area contributed by atoms with Crippen LogP contribution in [-0.2, 0) is 20.1 Å². The maximum atomic E-state index is 13.5. The second-order valence-electron chi connectivity index (χ2n) is 7.99. The molecule has 1 fully saturated rings. The van der Waals surface area contributed by atoms with Crippen molar-refractivity contribution >= 4 is 17.1 Å². The molecular weight excluding hydrogens is 408 g/mol. The molecule has 0 N–H and O–H groups in total. The predicted molar refractivity (Wildman–Crippen MR) is 119 cm³/mol. The molecule has 1 atom stereocenters. The zero-order chi connectivity index (χ0) is 22.8. The van der Waals surface area contributed by atoms with Crippen molar-refractivity contribution in [1.29, 1.82) is 5.26 Å². The first kappa shape index (κ1) is 21.3. The van der Waals surface area contributed by atoms with Crippen molar-refractivity contribution in [2.75, 3.05) is 18.0 Å². The normalized spacial score (nSPS) is 15.9. The summed E-state index contributed by atoms with van der Waals surface area (Å²) in [6, 6.07) is 1.96. The zero-order valence-corrected chi connectivity index (χ0v) is 18.4. The standard InChI is InChI=1S/C22H24N8O2/c1-4-5-11-29-18-19(26-21(29)28-10-6-7-15(2)13-28)27(3)22(32)30(20(18)31)14-17-16(12-23)24-8-9-25-17/h8-9,15H,6-7,10-11,13-14H2,1-3H3/t15-/m1/s1. The highest BCUT2D eigenvalue weighted by molar-refractivity contribution is 5.75. The van der Waals surface area contributed by atoms with Gasteiger partial charge in [-0.3, -0.25) is 23.5 Å². The molecule has 4 heterocycles. The van der Waals surface area contributed by atoms with Gasteiger partial charge in [0.1, 0.15) is 6.07 Å². The summed E-state index contributed by atoms with van der Waals surface area (Å²) >= 11 is 0. The number of aromatic nitrogens is 6. The van der Waals surface area contributed by atoms with Gasteiger partial charge in [0.15, 0.2) is 16.9 Å². The van der Waals surface area contributed by atoms with E-state index in [2.05, 4.69) is 33.6 Å². The minimum atomic E-state index is -0.526. The van der Waals surface area contributed by atoms with E-state index in [0.29, 0.717) is 23.0 Å². The number of rotatable bonds is 4. The van der Waals surface area contributed by atoms with Crippen molar-refractivity contribution < 1.29 is 0 Å². The van der Waals surface area contributed by atoms with Gasteiger partial charge in [-0.2, -0.15) is 10.2 Å². The number of nitriles is 1. The van der Waals surface area contributed by atoms with Gasteiger partial charge < -0.3 is 4.90 Å². The summed E-state index contributed by atoms with van der Waals surface area (Å²) in [7, 11) is 1.59. The van der Waals surface area contributed by atoms with E-state index in [4.69, 9.17) is 4.98 Å². The van der Waals surface area contributed by atoms with Crippen LogP contribution >= 0.6 is 0 Å². The summed E-state index contributed by atoms with van der Waals surface area (Å²) in [4.78, 5) is 41.6. The number of hydrogen-bond acceptors (Lipinski definition) is 7. The lowest BCUT2D eigenvalue weighted by molar-refractivity contribution is 0.439. The molecule has 1 aliphatic heterocycles. The number of imidazole rings is 1. The quantitative estimate of drug-likeness (QED) is 0.562. The van der Waals surface area contributed by atoms with Gasteiger partial charge in [0, 0.05) is 32.5 Å². The fourth-order valence-electron chi connectivity index (χ4n) is 4.15. The Kier molecular flexibility index (Phi) is 5.78. The van der Waals surface area contributed by atoms with E-state index in [1.54, 1.807) is 18.5 Å². The molecule has 3 aromatic rings. The lowest BCUT2D eigenvalue weighted by Gasteiger charge is -2.31. The number of aryl methyl sites for hydroxylation is 1. The van der Waals surface area contributed by atoms with Gasteiger partial charge >= 0.3 is 5.69 Å². The minimum Gasteiger partial charge on any atom is -0.342 e. The van der Waals surface area contributed by atoms with Crippen LogP contribution in [0.1, 0.15) is 38.1 Å². The number of piperidine rings is 1. The molecule has 0 unspecified atom stereocenters. The number of nitrogens with zero attached hydrogens (tertiary/aromatic N) is 8. The van der Waals surface area contributed by atoms with Gasteiger partial charge in [0.2, 0.25) is 5.95 Å². The molecule has 10 heteroatoms. The van der Waals surface area contributed by atoms with Crippen LogP contribution in [0.3, 0.4) is 0 Å². The van der Waals surface area contributed by atoms with E-state index in [9.17, 15) is 14.9 Å². The molecule has 1 saturated heterocycles. The Labute approximate surface area is 184 Å². The lowest BCUT2D eigenvalue weighted by atomic mass is 10.0. The molecule has 0 spiro atoms.